The fraction of sp³-hybridized carbons (Fsp3) is 0.382. The molecular formula is C55H71N9O3S. The van der Waals surface area contributed by atoms with Gasteiger partial charge in [-0.3, -0.25) is 9.36 Å². The van der Waals surface area contributed by atoms with Crippen LogP contribution in [0.5, 0.6) is 5.75 Å². The van der Waals surface area contributed by atoms with E-state index in [4.69, 9.17) is 4.74 Å². The highest BCUT2D eigenvalue weighted by atomic mass is 32.2. The van der Waals surface area contributed by atoms with Gasteiger partial charge in [-0.25, -0.2) is 13.4 Å². The van der Waals surface area contributed by atoms with Crippen LogP contribution in [0.4, 0.5) is 5.69 Å². The monoisotopic (exact) mass is 938 g/mol. The Bertz CT molecular complexity index is 3100. The Morgan fingerprint density at radius 2 is 1.22 bits per heavy atom. The Balaban J connectivity index is 0.000000140. The van der Waals surface area contributed by atoms with E-state index in [2.05, 4.69) is 170 Å². The first-order chi connectivity index (χ1) is 32.3. The number of nitrogens with zero attached hydrogens (tertiary/aromatic N) is 9. The molecule has 5 aromatic heterocycles. The molecule has 0 atom stereocenters. The van der Waals surface area contributed by atoms with Crippen molar-refractivity contribution in [1.82, 2.24) is 38.1 Å². The van der Waals surface area contributed by atoms with E-state index in [0.717, 1.165) is 57.5 Å². The third kappa shape index (κ3) is 11.6. The number of anilines is 1. The van der Waals surface area contributed by atoms with Gasteiger partial charge < -0.3 is 14.0 Å². The third-order valence-electron chi connectivity index (χ3n) is 11.8. The van der Waals surface area contributed by atoms with E-state index in [-0.39, 0.29) is 5.92 Å². The second-order valence-electron chi connectivity index (χ2n) is 18.8. The molecule has 68 heavy (non-hydrogen) atoms. The summed E-state index contributed by atoms with van der Waals surface area (Å²) in [5.41, 5.74) is 9.96. The summed E-state index contributed by atoms with van der Waals surface area (Å²) in [6, 6.07) is 37.5. The summed E-state index contributed by atoms with van der Waals surface area (Å²) in [4.78, 5) is 6.93. The molecule has 6 heterocycles. The topological polar surface area (TPSA) is 117 Å². The van der Waals surface area contributed by atoms with Gasteiger partial charge in [0.1, 0.15) is 18.2 Å². The van der Waals surface area contributed by atoms with Crippen molar-refractivity contribution in [3.63, 3.8) is 0 Å². The molecule has 0 bridgehead atoms. The van der Waals surface area contributed by atoms with Gasteiger partial charge in [0.15, 0.2) is 0 Å². The molecule has 13 heteroatoms. The molecule has 0 amide bonds. The van der Waals surface area contributed by atoms with Gasteiger partial charge in [0.25, 0.3) is 10.0 Å². The SMILES string of the molecule is CC(C)N1CCOc2ccccc21.CC(C)c1cccc2c1cnn2C.CC(C)c1nn(S(C)(=O)=O)c2ccccc12.Cc1nc(C(C)C)n2ccccc12.Cc1nn(C(C)C)c2ccccc12. The number of hydrogen-bond donors (Lipinski definition) is 0. The van der Waals surface area contributed by atoms with E-state index in [1.165, 1.54) is 38.6 Å². The van der Waals surface area contributed by atoms with Crippen LogP contribution in [0, 0.1) is 13.8 Å². The molecule has 0 saturated carbocycles. The van der Waals surface area contributed by atoms with Crippen LogP contribution < -0.4 is 9.64 Å². The van der Waals surface area contributed by atoms with Crippen LogP contribution in [0.2, 0.25) is 0 Å². The number of pyridine rings is 1. The smallest absolute Gasteiger partial charge is 0.251 e. The number of hydrogen-bond acceptors (Lipinski definition) is 8. The van der Waals surface area contributed by atoms with E-state index in [9.17, 15) is 8.42 Å². The van der Waals surface area contributed by atoms with E-state index >= 15 is 0 Å². The molecule has 1 aliphatic heterocycles. The zero-order valence-corrected chi connectivity index (χ0v) is 43.3. The number of para-hydroxylation sites is 4. The van der Waals surface area contributed by atoms with Gasteiger partial charge >= 0.3 is 0 Å². The van der Waals surface area contributed by atoms with Crippen molar-refractivity contribution >= 4 is 53.9 Å². The first kappa shape index (κ1) is 50.9. The van der Waals surface area contributed by atoms with E-state index in [1.54, 1.807) is 6.07 Å². The highest BCUT2D eigenvalue weighted by Crippen LogP contribution is 2.32. The molecule has 12 nitrogen and oxygen atoms in total. The lowest BCUT2D eigenvalue weighted by Gasteiger charge is -2.34. The number of aromatic nitrogens is 8. The minimum absolute atomic E-state index is 0.202. The maximum Gasteiger partial charge on any atom is 0.251 e. The van der Waals surface area contributed by atoms with Crippen LogP contribution in [0.3, 0.4) is 0 Å². The Morgan fingerprint density at radius 1 is 0.603 bits per heavy atom. The van der Waals surface area contributed by atoms with Gasteiger partial charge in [-0.05, 0) is 101 Å². The fourth-order valence-corrected chi connectivity index (χ4v) is 9.20. The summed E-state index contributed by atoms with van der Waals surface area (Å²) in [6.45, 7) is 27.4. The Labute approximate surface area is 403 Å². The predicted octanol–water partition coefficient (Wildman–Crippen LogP) is 12.6. The number of aryl methyl sites for hydroxylation is 3. The quantitative estimate of drug-likeness (QED) is 0.162. The van der Waals surface area contributed by atoms with Crippen LogP contribution in [0.15, 0.2) is 122 Å². The number of rotatable bonds is 6. The molecule has 4 aromatic carbocycles. The molecule has 0 unspecified atom stereocenters. The lowest BCUT2D eigenvalue weighted by atomic mass is 10.00. The highest BCUT2D eigenvalue weighted by molar-refractivity contribution is 7.89. The van der Waals surface area contributed by atoms with E-state index in [1.807, 2.05) is 74.2 Å². The first-order valence-corrected chi connectivity index (χ1v) is 25.6. The lowest BCUT2D eigenvalue weighted by molar-refractivity contribution is 0.303. The van der Waals surface area contributed by atoms with Crippen molar-refractivity contribution in [2.24, 2.45) is 7.05 Å². The summed E-state index contributed by atoms with van der Waals surface area (Å²) in [6.07, 6.45) is 5.19. The molecule has 0 fully saturated rings. The minimum atomic E-state index is -3.34. The van der Waals surface area contributed by atoms with Crippen LogP contribution >= 0.6 is 0 Å². The van der Waals surface area contributed by atoms with Gasteiger partial charge in [-0.1, -0.05) is 108 Å². The van der Waals surface area contributed by atoms with Gasteiger partial charge in [0.2, 0.25) is 0 Å². The standard InChI is InChI=1S/C11H14N2O2S.3C11H14N2.C11H15NO/c1-8(2)11-9-6-4-5-7-10(9)13(12-11)16(3,14)15;1-8(2)9-5-4-6-11-10(9)7-12-13(11)3;1-8(2)11-12-9(3)10-6-4-5-7-13(10)11;1-8(2)13-11-7-5-4-6-10(11)9(3)12-13;1-9(2)12-7-8-13-11-6-4-3-5-10(11)12/h4-8H,1-3H3;3*4-8H,1-3H3;3-6,9H,7-8H2,1-2H3. The van der Waals surface area contributed by atoms with E-state index < -0.39 is 10.0 Å². The zero-order chi connectivity index (χ0) is 49.4. The van der Waals surface area contributed by atoms with Crippen LogP contribution in [-0.2, 0) is 17.1 Å². The average molecular weight is 938 g/mol. The molecule has 1 aliphatic rings. The van der Waals surface area contributed by atoms with Gasteiger partial charge in [0, 0.05) is 47.4 Å². The van der Waals surface area contributed by atoms with Gasteiger partial charge in [-0.15, -0.1) is 0 Å². The highest BCUT2D eigenvalue weighted by Gasteiger charge is 2.20. The molecule has 0 aliphatic carbocycles. The summed E-state index contributed by atoms with van der Waals surface area (Å²) in [5.74, 6) is 3.40. The zero-order valence-electron chi connectivity index (χ0n) is 42.5. The fourth-order valence-electron chi connectivity index (χ4n) is 8.44. The van der Waals surface area contributed by atoms with Crippen molar-refractivity contribution in [3.05, 3.63) is 150 Å². The number of ether oxygens (including phenoxy) is 1. The van der Waals surface area contributed by atoms with Crippen LogP contribution in [0.1, 0.15) is 122 Å². The number of benzene rings is 4. The third-order valence-corrected chi connectivity index (χ3v) is 12.8. The number of imidazole rings is 1. The molecule has 0 N–H and O–H groups in total. The second-order valence-corrected chi connectivity index (χ2v) is 20.6. The molecule has 0 saturated heterocycles. The van der Waals surface area contributed by atoms with Crippen molar-refractivity contribution in [2.45, 2.75) is 113 Å². The van der Waals surface area contributed by atoms with Crippen molar-refractivity contribution in [3.8, 4) is 5.75 Å². The summed E-state index contributed by atoms with van der Waals surface area (Å²) < 4.78 is 36.0. The van der Waals surface area contributed by atoms with Crippen LogP contribution in [0.25, 0.3) is 38.2 Å². The maximum absolute atomic E-state index is 11.6. The minimum Gasteiger partial charge on any atom is -0.490 e. The first-order valence-electron chi connectivity index (χ1n) is 23.7. The van der Waals surface area contributed by atoms with Crippen molar-refractivity contribution in [2.75, 3.05) is 24.3 Å². The van der Waals surface area contributed by atoms with Gasteiger partial charge in [-0.2, -0.15) is 19.4 Å². The molecule has 360 valence electrons. The van der Waals surface area contributed by atoms with E-state index in [0.29, 0.717) is 29.4 Å². The second kappa shape index (κ2) is 22.1. The number of fused-ring (bicyclic) bond motifs is 5. The van der Waals surface area contributed by atoms with Crippen molar-refractivity contribution in [1.29, 1.82) is 0 Å². The summed E-state index contributed by atoms with van der Waals surface area (Å²) in [5, 5.41) is 16.4. The maximum atomic E-state index is 11.6. The molecule has 9 aromatic rings. The Hall–Kier alpha value is -6.47. The summed E-state index contributed by atoms with van der Waals surface area (Å²) >= 11 is 0. The Morgan fingerprint density at radius 3 is 1.87 bits per heavy atom. The van der Waals surface area contributed by atoms with Crippen LogP contribution in [-0.4, -0.2) is 72.0 Å². The molecule has 0 spiro atoms. The molecule has 0 radical (unpaired) electrons. The Kier molecular flexibility index (Phi) is 16.5. The van der Waals surface area contributed by atoms with Crippen molar-refractivity contribution < 1.29 is 13.2 Å². The normalized spacial score (nSPS) is 12.4. The predicted molar refractivity (Wildman–Crippen MR) is 282 cm³/mol. The molecular weight excluding hydrogens is 867 g/mol. The average Bonchev–Trinajstić information content (AvgIpc) is 4.09. The lowest BCUT2D eigenvalue weighted by Crippen LogP contribution is -2.37. The molecule has 10 rings (SSSR count). The largest absolute Gasteiger partial charge is 0.490 e. The summed E-state index contributed by atoms with van der Waals surface area (Å²) in [7, 11) is -1.36. The van der Waals surface area contributed by atoms with Gasteiger partial charge in [0.05, 0.1) is 63.8 Å².